The van der Waals surface area contributed by atoms with Gasteiger partial charge in [0.05, 0.1) is 0 Å². The molecule has 0 heterocycles. The quantitative estimate of drug-likeness (QED) is 0.486. The zero-order chi connectivity index (χ0) is 23.1. The van der Waals surface area contributed by atoms with E-state index < -0.39 is 43.9 Å². The van der Waals surface area contributed by atoms with Gasteiger partial charge in [-0.25, -0.2) is 4.39 Å². The maximum atomic E-state index is 13.1. The molecule has 1 rings (SSSR count). The van der Waals surface area contributed by atoms with Gasteiger partial charge in [0.1, 0.15) is 17.9 Å². The summed E-state index contributed by atoms with van der Waals surface area (Å²) in [6.45, 7) is 12.1. The molecule has 7 nitrogen and oxygen atoms in total. The van der Waals surface area contributed by atoms with Crippen LogP contribution >= 0.6 is 0 Å². The topological polar surface area (TPSA) is 111 Å². The normalized spacial score (nSPS) is 14.0. The molecule has 30 heavy (non-hydrogen) atoms. The van der Waals surface area contributed by atoms with Crippen molar-refractivity contribution in [2.24, 2.45) is 5.73 Å². The molecule has 0 aromatic heterocycles. The SMILES string of the molecule is CC(=O)N[C@@H](Cc1ccc(F)cc1)C(=O)N[C@@H](CCO[Si](C)(C)C(C)(C)C)C(N)=O. The van der Waals surface area contributed by atoms with Crippen LogP contribution in [-0.4, -0.2) is 44.7 Å². The first-order valence-corrected chi connectivity index (χ1v) is 12.9. The number of halogens is 1. The van der Waals surface area contributed by atoms with Crippen LogP contribution in [0.3, 0.4) is 0 Å². The monoisotopic (exact) mass is 439 g/mol. The Morgan fingerprint density at radius 1 is 1.10 bits per heavy atom. The molecule has 4 N–H and O–H groups in total. The van der Waals surface area contributed by atoms with E-state index in [0.717, 1.165) is 0 Å². The minimum atomic E-state index is -2.00. The van der Waals surface area contributed by atoms with Crippen molar-refractivity contribution in [1.82, 2.24) is 10.6 Å². The Morgan fingerprint density at radius 3 is 2.13 bits per heavy atom. The van der Waals surface area contributed by atoms with Crippen LogP contribution < -0.4 is 16.4 Å². The highest BCUT2D eigenvalue weighted by Gasteiger charge is 2.37. The Bertz CT molecular complexity index is 748. The molecule has 0 radical (unpaired) electrons. The van der Waals surface area contributed by atoms with E-state index in [9.17, 15) is 18.8 Å². The van der Waals surface area contributed by atoms with Crippen LogP contribution in [0, 0.1) is 5.82 Å². The van der Waals surface area contributed by atoms with Gasteiger partial charge in [-0.15, -0.1) is 0 Å². The van der Waals surface area contributed by atoms with Crippen LogP contribution in [0.5, 0.6) is 0 Å². The zero-order valence-electron chi connectivity index (χ0n) is 18.7. The van der Waals surface area contributed by atoms with Crippen molar-refractivity contribution in [3.8, 4) is 0 Å². The largest absolute Gasteiger partial charge is 0.417 e. The van der Waals surface area contributed by atoms with Crippen molar-refractivity contribution in [3.05, 3.63) is 35.6 Å². The second-order valence-corrected chi connectivity index (χ2v) is 13.8. The smallest absolute Gasteiger partial charge is 0.243 e. The minimum Gasteiger partial charge on any atom is -0.417 e. The Kier molecular flexibility index (Phi) is 9.17. The highest BCUT2D eigenvalue weighted by Crippen LogP contribution is 2.36. The third-order valence-corrected chi connectivity index (χ3v) is 9.92. The van der Waals surface area contributed by atoms with Crippen LogP contribution in [0.15, 0.2) is 24.3 Å². The fourth-order valence-electron chi connectivity index (χ4n) is 2.52. The summed E-state index contributed by atoms with van der Waals surface area (Å²) < 4.78 is 19.2. The van der Waals surface area contributed by atoms with E-state index >= 15 is 0 Å². The lowest BCUT2D eigenvalue weighted by molar-refractivity contribution is -0.131. The summed E-state index contributed by atoms with van der Waals surface area (Å²) in [5, 5.41) is 5.20. The van der Waals surface area contributed by atoms with Crippen LogP contribution in [0.1, 0.15) is 39.7 Å². The lowest BCUT2D eigenvalue weighted by atomic mass is 10.0. The molecule has 0 bridgehead atoms. The standard InChI is InChI=1S/C21H34FN3O4Si/c1-14(26)24-18(13-15-7-9-16(22)10-8-15)20(28)25-17(19(23)27)11-12-29-30(5,6)21(2,3)4/h7-10,17-18H,11-13H2,1-6H3,(H2,23,27)(H,24,26)(H,25,28)/t17-,18-/m0/s1. The summed E-state index contributed by atoms with van der Waals surface area (Å²) in [7, 11) is -2.00. The molecule has 0 fully saturated rings. The number of hydrogen-bond acceptors (Lipinski definition) is 4. The fourth-order valence-corrected chi connectivity index (χ4v) is 3.58. The molecular formula is C21H34FN3O4Si. The van der Waals surface area contributed by atoms with Gasteiger partial charge in [0.25, 0.3) is 0 Å². The number of rotatable bonds is 10. The first-order chi connectivity index (χ1) is 13.7. The Morgan fingerprint density at radius 2 is 1.67 bits per heavy atom. The lowest BCUT2D eigenvalue weighted by Crippen LogP contribution is -2.54. The Hall–Kier alpha value is -2.26. The molecule has 0 saturated carbocycles. The van der Waals surface area contributed by atoms with Crippen molar-refractivity contribution < 1.29 is 23.2 Å². The Balaban J connectivity index is 2.80. The molecule has 3 amide bonds. The number of carbonyl (C=O) groups is 3. The first kappa shape index (κ1) is 25.8. The van der Waals surface area contributed by atoms with E-state index in [2.05, 4.69) is 44.5 Å². The molecule has 9 heteroatoms. The maximum Gasteiger partial charge on any atom is 0.243 e. The molecule has 0 unspecified atom stereocenters. The number of primary amides is 1. The van der Waals surface area contributed by atoms with Gasteiger partial charge in [-0.1, -0.05) is 32.9 Å². The van der Waals surface area contributed by atoms with Gasteiger partial charge in [-0.3, -0.25) is 14.4 Å². The summed E-state index contributed by atoms with van der Waals surface area (Å²) in [5.74, 6) is -2.00. The highest BCUT2D eigenvalue weighted by atomic mass is 28.4. The van der Waals surface area contributed by atoms with Gasteiger partial charge in [-0.2, -0.15) is 0 Å². The van der Waals surface area contributed by atoms with Gasteiger partial charge in [0.2, 0.25) is 17.7 Å². The molecular weight excluding hydrogens is 405 g/mol. The second-order valence-electron chi connectivity index (χ2n) is 8.94. The molecule has 1 aromatic carbocycles. The average molecular weight is 440 g/mol. The van der Waals surface area contributed by atoms with Gasteiger partial charge < -0.3 is 20.8 Å². The van der Waals surface area contributed by atoms with Crippen LogP contribution in [0.2, 0.25) is 18.1 Å². The number of amides is 3. The summed E-state index contributed by atoms with van der Waals surface area (Å²) in [6, 6.07) is 3.79. The van der Waals surface area contributed by atoms with Crippen molar-refractivity contribution >= 4 is 26.0 Å². The average Bonchev–Trinajstić information content (AvgIpc) is 2.60. The van der Waals surface area contributed by atoms with Crippen molar-refractivity contribution in [2.45, 2.75) is 70.8 Å². The van der Waals surface area contributed by atoms with E-state index in [1.807, 2.05) is 0 Å². The molecule has 0 aliphatic heterocycles. The summed E-state index contributed by atoms with van der Waals surface area (Å²) in [6.07, 6.45) is 0.383. The van der Waals surface area contributed by atoms with Crippen molar-refractivity contribution in [1.29, 1.82) is 0 Å². The Labute approximate surface area is 179 Å². The van der Waals surface area contributed by atoms with E-state index in [0.29, 0.717) is 5.56 Å². The lowest BCUT2D eigenvalue weighted by Gasteiger charge is -2.36. The van der Waals surface area contributed by atoms with E-state index in [4.69, 9.17) is 10.2 Å². The molecule has 2 atom stereocenters. The molecule has 0 saturated heterocycles. The fraction of sp³-hybridized carbons (Fsp3) is 0.571. The van der Waals surface area contributed by atoms with Crippen LogP contribution in [0.25, 0.3) is 0 Å². The first-order valence-electron chi connectivity index (χ1n) is 9.98. The number of carbonyl (C=O) groups excluding carboxylic acids is 3. The molecule has 1 aromatic rings. The van der Waals surface area contributed by atoms with Gasteiger partial charge in [-0.05, 0) is 42.2 Å². The summed E-state index contributed by atoms with van der Waals surface area (Å²) in [4.78, 5) is 36.1. The predicted molar refractivity (Wildman–Crippen MR) is 117 cm³/mol. The number of hydrogen-bond donors (Lipinski definition) is 3. The predicted octanol–water partition coefficient (Wildman–Crippen LogP) is 2.25. The van der Waals surface area contributed by atoms with E-state index in [-0.39, 0.29) is 24.5 Å². The number of benzene rings is 1. The molecule has 168 valence electrons. The van der Waals surface area contributed by atoms with Gasteiger partial charge in [0, 0.05) is 20.0 Å². The van der Waals surface area contributed by atoms with Crippen LogP contribution in [-0.2, 0) is 25.2 Å². The van der Waals surface area contributed by atoms with E-state index in [1.165, 1.54) is 31.2 Å². The van der Waals surface area contributed by atoms with E-state index in [1.54, 1.807) is 0 Å². The molecule has 0 aliphatic rings. The molecule has 0 spiro atoms. The number of nitrogens with one attached hydrogen (secondary N) is 2. The molecule has 0 aliphatic carbocycles. The van der Waals surface area contributed by atoms with Crippen molar-refractivity contribution in [3.63, 3.8) is 0 Å². The van der Waals surface area contributed by atoms with Crippen molar-refractivity contribution in [2.75, 3.05) is 6.61 Å². The third kappa shape index (κ3) is 8.23. The summed E-state index contributed by atoms with van der Waals surface area (Å²) >= 11 is 0. The van der Waals surface area contributed by atoms with Gasteiger partial charge in [0.15, 0.2) is 8.32 Å². The zero-order valence-corrected chi connectivity index (χ0v) is 19.7. The van der Waals surface area contributed by atoms with Crippen LogP contribution in [0.4, 0.5) is 4.39 Å². The minimum absolute atomic E-state index is 0.0180. The maximum absolute atomic E-state index is 13.1. The third-order valence-electron chi connectivity index (χ3n) is 5.38. The van der Waals surface area contributed by atoms with Gasteiger partial charge >= 0.3 is 0 Å². The number of nitrogens with two attached hydrogens (primary N) is 1. The second kappa shape index (κ2) is 10.7. The highest BCUT2D eigenvalue weighted by molar-refractivity contribution is 6.74. The summed E-state index contributed by atoms with van der Waals surface area (Å²) in [5.41, 5.74) is 6.13.